The van der Waals surface area contributed by atoms with Gasteiger partial charge in [0.2, 0.25) is 5.75 Å². The van der Waals surface area contributed by atoms with Gasteiger partial charge in [0.25, 0.3) is 5.56 Å². The van der Waals surface area contributed by atoms with Crippen molar-refractivity contribution in [3.63, 3.8) is 0 Å². The van der Waals surface area contributed by atoms with Crippen LogP contribution in [0, 0.1) is 10.1 Å². The van der Waals surface area contributed by atoms with Crippen molar-refractivity contribution >= 4 is 34.4 Å². The van der Waals surface area contributed by atoms with Crippen LogP contribution in [0.4, 0.5) is 5.69 Å². The third kappa shape index (κ3) is 4.51. The summed E-state index contributed by atoms with van der Waals surface area (Å²) in [4.78, 5) is 28.8. The van der Waals surface area contributed by atoms with E-state index in [1.807, 2.05) is 30.3 Å². The molecule has 0 spiro atoms. The Morgan fingerprint density at radius 1 is 1.15 bits per heavy atom. The Bertz CT molecular complexity index is 1450. The number of hydrogen-bond donors (Lipinski definition) is 0. The van der Waals surface area contributed by atoms with Gasteiger partial charge in [-0.05, 0) is 18.2 Å². The second kappa shape index (κ2) is 9.46. The van der Waals surface area contributed by atoms with Crippen LogP contribution in [0.15, 0.2) is 89.3 Å². The van der Waals surface area contributed by atoms with Gasteiger partial charge in [0.15, 0.2) is 5.82 Å². The molecule has 3 aromatic carbocycles. The molecule has 4 rings (SSSR count). The van der Waals surface area contributed by atoms with Crippen LogP contribution in [0.5, 0.6) is 5.75 Å². The van der Waals surface area contributed by atoms with E-state index in [2.05, 4.69) is 16.7 Å². The van der Waals surface area contributed by atoms with E-state index in [9.17, 15) is 14.9 Å². The Balaban J connectivity index is 1.86. The highest BCUT2D eigenvalue weighted by atomic mass is 35.5. The summed E-state index contributed by atoms with van der Waals surface area (Å²) in [7, 11) is 0. The van der Waals surface area contributed by atoms with Crippen molar-refractivity contribution in [3.8, 4) is 17.1 Å². The Hall–Kier alpha value is -4.30. The standard InChI is InChI=1S/C24H17ClN4O4/c1-2-12-33-22-19(25)13-16(14-21(22)29(31)32)15-26-28-23(17-8-4-3-5-9-17)27-20-11-7-6-10-18(20)24(28)30/h2-11,13-15H,1,12H2. The smallest absolute Gasteiger partial charge is 0.313 e. The van der Waals surface area contributed by atoms with Crippen LogP contribution in [0.1, 0.15) is 5.56 Å². The van der Waals surface area contributed by atoms with E-state index < -0.39 is 4.92 Å². The fourth-order valence-electron chi connectivity index (χ4n) is 3.22. The van der Waals surface area contributed by atoms with Crippen molar-refractivity contribution in [2.24, 2.45) is 5.10 Å². The quantitative estimate of drug-likeness (QED) is 0.166. The van der Waals surface area contributed by atoms with Gasteiger partial charge in [-0.2, -0.15) is 9.78 Å². The monoisotopic (exact) mass is 460 g/mol. The van der Waals surface area contributed by atoms with Gasteiger partial charge in [0, 0.05) is 17.2 Å². The number of ether oxygens (including phenoxy) is 1. The molecule has 0 aliphatic carbocycles. The number of benzene rings is 3. The highest BCUT2D eigenvalue weighted by Gasteiger charge is 2.20. The number of hydrogen-bond acceptors (Lipinski definition) is 6. The van der Waals surface area contributed by atoms with Crippen LogP contribution < -0.4 is 10.3 Å². The molecule has 0 aliphatic rings. The summed E-state index contributed by atoms with van der Waals surface area (Å²) in [5.74, 6) is 0.273. The number of rotatable bonds is 7. The maximum atomic E-state index is 13.2. The van der Waals surface area contributed by atoms with Crippen LogP contribution >= 0.6 is 11.6 Å². The molecule has 0 saturated carbocycles. The summed E-state index contributed by atoms with van der Waals surface area (Å²) in [5, 5.41) is 16.3. The number of aromatic nitrogens is 2. The van der Waals surface area contributed by atoms with Crippen LogP contribution in [0.25, 0.3) is 22.3 Å². The first kappa shape index (κ1) is 21.9. The molecular weight excluding hydrogens is 444 g/mol. The SMILES string of the molecule is C=CCOc1c(Cl)cc(C=Nn2c(-c3ccccc3)nc3ccccc3c2=O)cc1[N+](=O)[O-]. The number of nitrogens with zero attached hydrogens (tertiary/aromatic N) is 4. The summed E-state index contributed by atoms with van der Waals surface area (Å²) in [6.07, 6.45) is 2.78. The fraction of sp³-hybridized carbons (Fsp3) is 0.0417. The molecule has 1 heterocycles. The molecule has 164 valence electrons. The molecule has 0 N–H and O–H groups in total. The largest absolute Gasteiger partial charge is 0.482 e. The first-order valence-corrected chi connectivity index (χ1v) is 10.2. The van der Waals surface area contributed by atoms with Gasteiger partial charge in [-0.1, -0.05) is 66.7 Å². The maximum absolute atomic E-state index is 13.2. The lowest BCUT2D eigenvalue weighted by molar-refractivity contribution is -0.385. The van der Waals surface area contributed by atoms with Gasteiger partial charge in [-0.15, -0.1) is 0 Å². The molecule has 1 aromatic heterocycles. The third-order valence-corrected chi connectivity index (χ3v) is 4.98. The topological polar surface area (TPSA) is 99.6 Å². The molecule has 0 unspecified atom stereocenters. The lowest BCUT2D eigenvalue weighted by Gasteiger charge is -2.10. The number of halogens is 1. The van der Waals surface area contributed by atoms with Gasteiger partial charge in [0.05, 0.1) is 27.1 Å². The Kier molecular flexibility index (Phi) is 6.28. The summed E-state index contributed by atoms with van der Waals surface area (Å²) in [5.41, 5.74) is 0.849. The van der Waals surface area contributed by atoms with E-state index in [-0.39, 0.29) is 28.6 Å². The minimum Gasteiger partial charge on any atom is -0.482 e. The fourth-order valence-corrected chi connectivity index (χ4v) is 3.50. The molecule has 0 aliphatic heterocycles. The Morgan fingerprint density at radius 3 is 2.61 bits per heavy atom. The molecule has 33 heavy (non-hydrogen) atoms. The predicted octanol–water partition coefficient (Wildman–Crippen LogP) is 5.07. The summed E-state index contributed by atoms with van der Waals surface area (Å²) >= 11 is 6.23. The van der Waals surface area contributed by atoms with Crippen molar-refractivity contribution < 1.29 is 9.66 Å². The van der Waals surface area contributed by atoms with Crippen molar-refractivity contribution in [2.75, 3.05) is 6.61 Å². The molecule has 0 bridgehead atoms. The molecule has 0 fully saturated rings. The zero-order chi connectivity index (χ0) is 23.4. The second-order valence-corrected chi connectivity index (χ2v) is 7.30. The Morgan fingerprint density at radius 2 is 1.88 bits per heavy atom. The first-order valence-electron chi connectivity index (χ1n) is 9.83. The highest BCUT2D eigenvalue weighted by molar-refractivity contribution is 6.32. The van der Waals surface area contributed by atoms with Gasteiger partial charge in [0.1, 0.15) is 6.61 Å². The van der Waals surface area contributed by atoms with Gasteiger partial charge in [-0.25, -0.2) is 4.98 Å². The van der Waals surface area contributed by atoms with Crippen molar-refractivity contribution in [2.45, 2.75) is 0 Å². The second-order valence-electron chi connectivity index (χ2n) is 6.89. The van der Waals surface area contributed by atoms with Gasteiger partial charge < -0.3 is 4.74 Å². The summed E-state index contributed by atoms with van der Waals surface area (Å²) < 4.78 is 6.51. The molecule has 0 saturated heterocycles. The normalized spacial score (nSPS) is 11.1. The van der Waals surface area contributed by atoms with E-state index in [1.54, 1.807) is 24.3 Å². The molecule has 0 radical (unpaired) electrons. The van der Waals surface area contributed by atoms with Gasteiger partial charge in [-0.3, -0.25) is 14.9 Å². The lowest BCUT2D eigenvalue weighted by atomic mass is 10.2. The average molecular weight is 461 g/mol. The minimum atomic E-state index is -0.596. The highest BCUT2D eigenvalue weighted by Crippen LogP contribution is 2.36. The molecule has 8 nitrogen and oxygen atoms in total. The maximum Gasteiger partial charge on any atom is 0.313 e. The molecule has 4 aromatic rings. The van der Waals surface area contributed by atoms with E-state index in [1.165, 1.54) is 29.1 Å². The number of nitro benzene ring substituents is 1. The average Bonchev–Trinajstić information content (AvgIpc) is 2.83. The molecule has 0 atom stereocenters. The lowest BCUT2D eigenvalue weighted by Crippen LogP contribution is -2.20. The minimum absolute atomic E-state index is 0.0415. The van der Waals surface area contributed by atoms with E-state index in [0.29, 0.717) is 27.9 Å². The molecular formula is C24H17ClN4O4. The van der Waals surface area contributed by atoms with Crippen LogP contribution in [0.3, 0.4) is 0 Å². The van der Waals surface area contributed by atoms with Crippen LogP contribution in [0.2, 0.25) is 5.02 Å². The zero-order valence-corrected chi connectivity index (χ0v) is 18.0. The number of fused-ring (bicyclic) bond motifs is 1. The first-order chi connectivity index (χ1) is 16.0. The van der Waals surface area contributed by atoms with E-state index in [0.717, 1.165) is 0 Å². The van der Waals surface area contributed by atoms with Crippen molar-refractivity contribution in [1.29, 1.82) is 0 Å². The summed E-state index contributed by atoms with van der Waals surface area (Å²) in [6, 6.07) is 18.8. The summed E-state index contributed by atoms with van der Waals surface area (Å²) in [6.45, 7) is 3.59. The van der Waals surface area contributed by atoms with E-state index >= 15 is 0 Å². The van der Waals surface area contributed by atoms with Crippen LogP contribution in [-0.2, 0) is 0 Å². The number of para-hydroxylation sites is 1. The van der Waals surface area contributed by atoms with Gasteiger partial charge >= 0.3 is 5.69 Å². The van der Waals surface area contributed by atoms with E-state index in [4.69, 9.17) is 16.3 Å². The molecule has 0 amide bonds. The van der Waals surface area contributed by atoms with Crippen molar-refractivity contribution in [1.82, 2.24) is 9.66 Å². The third-order valence-electron chi connectivity index (χ3n) is 4.70. The van der Waals surface area contributed by atoms with Crippen LogP contribution in [-0.4, -0.2) is 27.4 Å². The predicted molar refractivity (Wildman–Crippen MR) is 128 cm³/mol. The molecule has 9 heteroatoms. The number of nitro groups is 1. The van der Waals surface area contributed by atoms with Crippen molar-refractivity contribution in [3.05, 3.63) is 110 Å². The Labute approximate surface area is 193 Å². The zero-order valence-electron chi connectivity index (χ0n) is 17.2.